The van der Waals surface area contributed by atoms with Gasteiger partial charge in [-0.15, -0.1) is 0 Å². The van der Waals surface area contributed by atoms with Crippen molar-refractivity contribution in [2.75, 3.05) is 20.1 Å². The average Bonchev–Trinajstić information content (AvgIpc) is 2.87. The molecule has 3 rings (SSSR count). The first kappa shape index (κ1) is 12.1. The Kier molecular flexibility index (Phi) is 3.62. The summed E-state index contributed by atoms with van der Waals surface area (Å²) in [6.45, 7) is 3.43. The molecule has 0 bridgehead atoms. The van der Waals surface area contributed by atoms with Crippen molar-refractivity contribution in [3.8, 4) is 0 Å². The molecule has 1 saturated carbocycles. The maximum absolute atomic E-state index is 4.44. The van der Waals surface area contributed by atoms with Crippen LogP contribution in [0.25, 0.3) is 0 Å². The SMILES string of the molecule is CN(Cc1ccccn1)[C@@H]1CCC[C@H]2CNC[C@@H]21. The zero-order valence-electron chi connectivity index (χ0n) is 11.2. The molecule has 0 spiro atoms. The molecule has 1 aromatic rings. The lowest BCUT2D eigenvalue weighted by atomic mass is 9.77. The Labute approximate surface area is 110 Å². The Morgan fingerprint density at radius 1 is 1.33 bits per heavy atom. The van der Waals surface area contributed by atoms with Crippen LogP contribution in [0.5, 0.6) is 0 Å². The van der Waals surface area contributed by atoms with Crippen LogP contribution in [0, 0.1) is 11.8 Å². The van der Waals surface area contributed by atoms with Crippen molar-refractivity contribution in [2.45, 2.75) is 31.8 Å². The molecule has 3 atom stereocenters. The normalized spacial score (nSPS) is 31.6. The first-order chi connectivity index (χ1) is 8.84. The van der Waals surface area contributed by atoms with Gasteiger partial charge in [-0.05, 0) is 56.9 Å². The summed E-state index contributed by atoms with van der Waals surface area (Å²) in [5, 5.41) is 3.57. The second kappa shape index (κ2) is 5.37. The molecule has 1 aromatic heterocycles. The topological polar surface area (TPSA) is 28.2 Å². The number of rotatable bonds is 3. The molecule has 0 radical (unpaired) electrons. The predicted molar refractivity (Wildman–Crippen MR) is 73.2 cm³/mol. The van der Waals surface area contributed by atoms with Crippen molar-refractivity contribution < 1.29 is 0 Å². The number of nitrogens with one attached hydrogen (secondary N) is 1. The van der Waals surface area contributed by atoms with Crippen molar-refractivity contribution in [2.24, 2.45) is 11.8 Å². The maximum atomic E-state index is 4.44. The van der Waals surface area contributed by atoms with E-state index >= 15 is 0 Å². The highest BCUT2D eigenvalue weighted by Crippen LogP contribution is 2.35. The van der Waals surface area contributed by atoms with Gasteiger partial charge in [-0.1, -0.05) is 12.5 Å². The number of aromatic nitrogens is 1. The molecule has 2 fully saturated rings. The summed E-state index contributed by atoms with van der Waals surface area (Å²) >= 11 is 0. The van der Waals surface area contributed by atoms with E-state index in [-0.39, 0.29) is 0 Å². The van der Waals surface area contributed by atoms with Crippen molar-refractivity contribution in [3.63, 3.8) is 0 Å². The first-order valence-electron chi connectivity index (χ1n) is 7.15. The molecule has 1 N–H and O–H groups in total. The molecule has 0 unspecified atom stereocenters. The van der Waals surface area contributed by atoms with Crippen LogP contribution in [0.15, 0.2) is 24.4 Å². The highest BCUT2D eigenvalue weighted by molar-refractivity contribution is 5.04. The van der Waals surface area contributed by atoms with E-state index in [0.717, 1.165) is 24.4 Å². The van der Waals surface area contributed by atoms with Crippen LogP contribution in [0.2, 0.25) is 0 Å². The van der Waals surface area contributed by atoms with Gasteiger partial charge in [0.25, 0.3) is 0 Å². The number of hydrogen-bond acceptors (Lipinski definition) is 3. The third kappa shape index (κ3) is 2.43. The quantitative estimate of drug-likeness (QED) is 0.881. The Morgan fingerprint density at radius 3 is 3.11 bits per heavy atom. The van der Waals surface area contributed by atoms with Crippen molar-refractivity contribution in [1.29, 1.82) is 0 Å². The van der Waals surface area contributed by atoms with Crippen molar-refractivity contribution in [3.05, 3.63) is 30.1 Å². The fraction of sp³-hybridized carbons (Fsp3) is 0.667. The molecule has 3 nitrogen and oxygen atoms in total. The Balaban J connectivity index is 1.66. The zero-order valence-corrected chi connectivity index (χ0v) is 11.2. The van der Waals surface area contributed by atoms with Gasteiger partial charge < -0.3 is 5.32 Å². The second-order valence-electron chi connectivity index (χ2n) is 5.82. The summed E-state index contributed by atoms with van der Waals surface area (Å²) in [5.74, 6) is 1.77. The van der Waals surface area contributed by atoms with Gasteiger partial charge in [0.15, 0.2) is 0 Å². The summed E-state index contributed by atoms with van der Waals surface area (Å²) in [4.78, 5) is 6.96. The summed E-state index contributed by atoms with van der Waals surface area (Å²) < 4.78 is 0. The minimum Gasteiger partial charge on any atom is -0.316 e. The van der Waals surface area contributed by atoms with E-state index < -0.39 is 0 Å². The van der Waals surface area contributed by atoms with E-state index in [2.05, 4.69) is 34.4 Å². The van der Waals surface area contributed by atoms with Gasteiger partial charge in [0, 0.05) is 18.8 Å². The van der Waals surface area contributed by atoms with E-state index in [9.17, 15) is 0 Å². The largest absolute Gasteiger partial charge is 0.316 e. The maximum Gasteiger partial charge on any atom is 0.0543 e. The molecule has 3 heteroatoms. The number of pyridine rings is 1. The van der Waals surface area contributed by atoms with Crippen molar-refractivity contribution >= 4 is 0 Å². The van der Waals surface area contributed by atoms with E-state index in [4.69, 9.17) is 0 Å². The summed E-state index contributed by atoms with van der Waals surface area (Å²) in [7, 11) is 2.26. The van der Waals surface area contributed by atoms with Crippen LogP contribution in [0.1, 0.15) is 25.0 Å². The smallest absolute Gasteiger partial charge is 0.0543 e. The molecular formula is C15H23N3. The Morgan fingerprint density at radius 2 is 2.28 bits per heavy atom. The molecule has 18 heavy (non-hydrogen) atoms. The first-order valence-corrected chi connectivity index (χ1v) is 7.15. The third-order valence-electron chi connectivity index (χ3n) is 4.66. The third-order valence-corrected chi connectivity index (χ3v) is 4.66. The van der Waals surface area contributed by atoms with E-state index in [1.165, 1.54) is 38.0 Å². The van der Waals surface area contributed by atoms with Gasteiger partial charge >= 0.3 is 0 Å². The molecule has 0 aromatic carbocycles. The summed E-state index contributed by atoms with van der Waals surface area (Å²) in [5.41, 5.74) is 1.19. The molecule has 98 valence electrons. The van der Waals surface area contributed by atoms with E-state index in [1.807, 2.05) is 12.3 Å². The fourth-order valence-electron chi connectivity index (χ4n) is 3.73. The standard InChI is InChI=1S/C15H23N3/c1-18(11-13-6-2-3-8-17-13)15-7-4-5-12-9-16-10-14(12)15/h2-3,6,8,12,14-16H,4-5,7,9-11H2,1H3/t12-,14-,15+/m0/s1. The highest BCUT2D eigenvalue weighted by Gasteiger charge is 2.38. The lowest BCUT2D eigenvalue weighted by Gasteiger charge is -2.39. The number of hydrogen-bond donors (Lipinski definition) is 1. The lowest BCUT2D eigenvalue weighted by molar-refractivity contribution is 0.105. The van der Waals surface area contributed by atoms with Crippen molar-refractivity contribution in [1.82, 2.24) is 15.2 Å². The highest BCUT2D eigenvalue weighted by atomic mass is 15.2. The number of nitrogens with zero attached hydrogens (tertiary/aromatic N) is 2. The molecule has 2 aliphatic rings. The van der Waals surface area contributed by atoms with Crippen LogP contribution in [0.4, 0.5) is 0 Å². The minimum absolute atomic E-state index is 0.737. The van der Waals surface area contributed by atoms with Gasteiger partial charge in [0.1, 0.15) is 0 Å². The molecular weight excluding hydrogens is 222 g/mol. The Hall–Kier alpha value is -0.930. The monoisotopic (exact) mass is 245 g/mol. The molecule has 1 aliphatic carbocycles. The fourth-order valence-corrected chi connectivity index (χ4v) is 3.73. The van der Waals surface area contributed by atoms with Gasteiger partial charge in [-0.2, -0.15) is 0 Å². The summed E-state index contributed by atoms with van der Waals surface area (Å²) in [6, 6.07) is 6.93. The molecule has 1 aliphatic heterocycles. The van der Waals surface area contributed by atoms with Gasteiger partial charge in [0.05, 0.1) is 5.69 Å². The van der Waals surface area contributed by atoms with E-state index in [1.54, 1.807) is 0 Å². The van der Waals surface area contributed by atoms with Crippen LogP contribution >= 0.6 is 0 Å². The van der Waals surface area contributed by atoms with Crippen LogP contribution in [0.3, 0.4) is 0 Å². The van der Waals surface area contributed by atoms with Gasteiger partial charge in [-0.25, -0.2) is 0 Å². The van der Waals surface area contributed by atoms with E-state index in [0.29, 0.717) is 0 Å². The Bertz CT molecular complexity index is 379. The van der Waals surface area contributed by atoms with Crippen LogP contribution in [-0.2, 0) is 6.54 Å². The molecule has 0 amide bonds. The van der Waals surface area contributed by atoms with Gasteiger partial charge in [-0.3, -0.25) is 9.88 Å². The van der Waals surface area contributed by atoms with Crippen LogP contribution in [-0.4, -0.2) is 36.1 Å². The predicted octanol–water partition coefficient (Wildman–Crippen LogP) is 1.90. The second-order valence-corrected chi connectivity index (χ2v) is 5.82. The minimum atomic E-state index is 0.737. The zero-order chi connectivity index (χ0) is 12.4. The molecule has 2 heterocycles. The summed E-state index contributed by atoms with van der Waals surface area (Å²) in [6.07, 6.45) is 6.06. The lowest BCUT2D eigenvalue weighted by Crippen LogP contribution is -2.43. The molecule has 1 saturated heterocycles. The van der Waals surface area contributed by atoms with Gasteiger partial charge in [0.2, 0.25) is 0 Å². The van der Waals surface area contributed by atoms with Crippen LogP contribution < -0.4 is 5.32 Å². The number of fused-ring (bicyclic) bond motifs is 1. The average molecular weight is 245 g/mol.